The molecule has 1 aromatic carbocycles. The third-order valence-corrected chi connectivity index (χ3v) is 3.88. The van der Waals surface area contributed by atoms with E-state index in [1.165, 1.54) is 17.5 Å². The molecule has 0 bridgehead atoms. The van der Waals surface area contributed by atoms with E-state index in [9.17, 15) is 5.11 Å². The quantitative estimate of drug-likeness (QED) is 0.835. The average Bonchev–Trinajstić information content (AvgIpc) is 2.14. The van der Waals surface area contributed by atoms with Crippen LogP contribution < -0.4 is 0 Å². The van der Waals surface area contributed by atoms with E-state index in [-0.39, 0.29) is 12.0 Å². The van der Waals surface area contributed by atoms with Crippen molar-refractivity contribution in [1.29, 1.82) is 0 Å². The van der Waals surface area contributed by atoms with Crippen molar-refractivity contribution in [3.05, 3.63) is 34.3 Å². The van der Waals surface area contributed by atoms with E-state index in [0.29, 0.717) is 0 Å². The van der Waals surface area contributed by atoms with Gasteiger partial charge in [-0.2, -0.15) is 0 Å². The Balaban J connectivity index is 2.16. The molecule has 0 unspecified atom stereocenters. The smallest absolute Gasteiger partial charge is 0.0490 e. The van der Waals surface area contributed by atoms with Crippen LogP contribution in [0, 0.1) is 12.3 Å². The number of aliphatic hydroxyl groups is 1. The summed E-state index contributed by atoms with van der Waals surface area (Å²) in [5, 5.41) is 10.2. The Morgan fingerprint density at radius 1 is 1.40 bits per heavy atom. The maximum atomic E-state index is 9.40. The molecule has 82 valence electrons. The van der Waals surface area contributed by atoms with Gasteiger partial charge in [0.1, 0.15) is 0 Å². The lowest BCUT2D eigenvalue weighted by Gasteiger charge is -2.40. The summed E-state index contributed by atoms with van der Waals surface area (Å²) in [5.74, 6) is 0. The molecule has 0 aliphatic heterocycles. The van der Waals surface area contributed by atoms with Crippen molar-refractivity contribution < 1.29 is 5.11 Å². The van der Waals surface area contributed by atoms with E-state index < -0.39 is 0 Å². The highest BCUT2D eigenvalue weighted by Crippen LogP contribution is 2.44. The van der Waals surface area contributed by atoms with Crippen molar-refractivity contribution >= 4 is 11.6 Å². The zero-order chi connectivity index (χ0) is 10.9. The molecule has 0 heterocycles. The zero-order valence-electron chi connectivity index (χ0n) is 9.09. The Hall–Kier alpha value is -0.530. The molecular weight excluding hydrogens is 208 g/mol. The molecule has 1 N–H and O–H groups in total. The topological polar surface area (TPSA) is 20.2 Å². The van der Waals surface area contributed by atoms with Crippen LogP contribution in [0.5, 0.6) is 0 Å². The molecule has 1 fully saturated rings. The number of hydrogen-bond donors (Lipinski definition) is 1. The predicted octanol–water partition coefficient (Wildman–Crippen LogP) is 3.35. The van der Waals surface area contributed by atoms with Gasteiger partial charge in [-0.25, -0.2) is 0 Å². The molecule has 1 nitrogen and oxygen atoms in total. The van der Waals surface area contributed by atoms with E-state index in [1.54, 1.807) is 0 Å². The van der Waals surface area contributed by atoms with Gasteiger partial charge in [0.2, 0.25) is 0 Å². The summed E-state index contributed by atoms with van der Waals surface area (Å²) in [6, 6.07) is 6.18. The molecule has 2 heteroatoms. The van der Waals surface area contributed by atoms with Gasteiger partial charge in [-0.3, -0.25) is 0 Å². The molecule has 0 atom stereocenters. The highest BCUT2D eigenvalue weighted by molar-refractivity contribution is 6.31. The lowest BCUT2D eigenvalue weighted by molar-refractivity contribution is 0.0450. The predicted molar refractivity (Wildman–Crippen MR) is 63.3 cm³/mol. The van der Waals surface area contributed by atoms with Gasteiger partial charge < -0.3 is 5.11 Å². The molecule has 0 radical (unpaired) electrons. The molecular formula is C13H17ClO. The van der Waals surface area contributed by atoms with Crippen LogP contribution in [0.25, 0.3) is 0 Å². The summed E-state index contributed by atoms with van der Waals surface area (Å²) >= 11 is 6.19. The molecule has 15 heavy (non-hydrogen) atoms. The van der Waals surface area contributed by atoms with Crippen LogP contribution >= 0.6 is 11.6 Å². The van der Waals surface area contributed by atoms with Crippen LogP contribution in [0.1, 0.15) is 30.4 Å². The molecule has 1 saturated carbocycles. The summed E-state index contributed by atoms with van der Waals surface area (Å²) in [7, 11) is 0. The molecule has 0 aromatic heterocycles. The monoisotopic (exact) mass is 224 g/mol. The standard InChI is InChI=1S/C13H17ClO/c1-10-3-4-11(12(14)7-10)8-13(9-15)5-2-6-13/h3-4,7,15H,2,5-6,8-9H2,1H3. The third kappa shape index (κ3) is 2.19. The first-order valence-electron chi connectivity index (χ1n) is 5.51. The van der Waals surface area contributed by atoms with Gasteiger partial charge in [-0.05, 0) is 48.8 Å². The summed E-state index contributed by atoms with van der Waals surface area (Å²) in [6.45, 7) is 2.33. The number of benzene rings is 1. The van der Waals surface area contributed by atoms with Crippen molar-refractivity contribution in [3.8, 4) is 0 Å². The van der Waals surface area contributed by atoms with E-state index in [2.05, 4.69) is 12.1 Å². The number of aryl methyl sites for hydroxylation is 1. The van der Waals surface area contributed by atoms with Crippen LogP contribution in [0.4, 0.5) is 0 Å². The second-order valence-electron chi connectivity index (χ2n) is 4.78. The van der Waals surface area contributed by atoms with Crippen molar-refractivity contribution in [2.45, 2.75) is 32.6 Å². The van der Waals surface area contributed by atoms with Crippen molar-refractivity contribution in [2.24, 2.45) is 5.41 Å². The molecule has 0 amide bonds. The van der Waals surface area contributed by atoms with Gasteiger partial charge in [0.05, 0.1) is 0 Å². The number of hydrogen-bond acceptors (Lipinski definition) is 1. The van der Waals surface area contributed by atoms with Crippen molar-refractivity contribution in [2.75, 3.05) is 6.61 Å². The van der Waals surface area contributed by atoms with Crippen LogP contribution in [0.2, 0.25) is 5.02 Å². The van der Waals surface area contributed by atoms with Gasteiger partial charge in [-0.1, -0.05) is 30.2 Å². The molecule has 2 rings (SSSR count). The van der Waals surface area contributed by atoms with Crippen molar-refractivity contribution in [3.63, 3.8) is 0 Å². The van der Waals surface area contributed by atoms with Crippen LogP contribution in [0.15, 0.2) is 18.2 Å². The van der Waals surface area contributed by atoms with Crippen molar-refractivity contribution in [1.82, 2.24) is 0 Å². The van der Waals surface area contributed by atoms with E-state index in [0.717, 1.165) is 24.3 Å². The molecule has 1 aromatic rings. The van der Waals surface area contributed by atoms with Crippen LogP contribution in [0.3, 0.4) is 0 Å². The minimum Gasteiger partial charge on any atom is -0.396 e. The van der Waals surface area contributed by atoms with E-state index in [1.807, 2.05) is 13.0 Å². The highest BCUT2D eigenvalue weighted by Gasteiger charge is 2.36. The van der Waals surface area contributed by atoms with E-state index >= 15 is 0 Å². The van der Waals surface area contributed by atoms with Crippen LogP contribution in [-0.2, 0) is 6.42 Å². The Bertz CT molecular complexity index is 350. The van der Waals surface area contributed by atoms with Gasteiger partial charge in [0.15, 0.2) is 0 Å². The number of rotatable bonds is 3. The fraction of sp³-hybridized carbons (Fsp3) is 0.538. The Morgan fingerprint density at radius 3 is 2.60 bits per heavy atom. The third-order valence-electron chi connectivity index (χ3n) is 3.52. The molecule has 1 aliphatic rings. The summed E-state index contributed by atoms with van der Waals surface area (Å²) < 4.78 is 0. The minimum absolute atomic E-state index is 0.124. The lowest BCUT2D eigenvalue weighted by atomic mass is 9.66. The highest BCUT2D eigenvalue weighted by atomic mass is 35.5. The van der Waals surface area contributed by atoms with Crippen LogP contribution in [-0.4, -0.2) is 11.7 Å². The van der Waals surface area contributed by atoms with Gasteiger partial charge in [-0.15, -0.1) is 0 Å². The van der Waals surface area contributed by atoms with Gasteiger partial charge >= 0.3 is 0 Å². The van der Waals surface area contributed by atoms with Gasteiger partial charge in [0.25, 0.3) is 0 Å². The van der Waals surface area contributed by atoms with Gasteiger partial charge in [0, 0.05) is 11.6 Å². The lowest BCUT2D eigenvalue weighted by Crippen LogP contribution is -2.35. The second kappa shape index (κ2) is 4.15. The first-order chi connectivity index (χ1) is 7.15. The van der Waals surface area contributed by atoms with E-state index in [4.69, 9.17) is 11.6 Å². The second-order valence-corrected chi connectivity index (χ2v) is 5.19. The number of halogens is 1. The normalized spacial score (nSPS) is 18.6. The molecule has 0 spiro atoms. The fourth-order valence-corrected chi connectivity index (χ4v) is 2.57. The summed E-state index contributed by atoms with van der Waals surface area (Å²) in [6.07, 6.45) is 4.42. The SMILES string of the molecule is Cc1ccc(CC2(CO)CCC2)c(Cl)c1. The summed E-state index contributed by atoms with van der Waals surface area (Å²) in [4.78, 5) is 0. The Morgan fingerprint density at radius 2 is 2.13 bits per heavy atom. The maximum absolute atomic E-state index is 9.40. The zero-order valence-corrected chi connectivity index (χ0v) is 9.85. The largest absolute Gasteiger partial charge is 0.396 e. The Labute approximate surface area is 96.1 Å². The molecule has 0 saturated heterocycles. The fourth-order valence-electron chi connectivity index (χ4n) is 2.27. The first-order valence-corrected chi connectivity index (χ1v) is 5.89. The summed E-state index contributed by atoms with van der Waals surface area (Å²) in [5.41, 5.74) is 2.49. The minimum atomic E-state index is 0.124. The maximum Gasteiger partial charge on any atom is 0.0490 e. The first kappa shape index (κ1) is 11.0. The molecule has 1 aliphatic carbocycles. The number of aliphatic hydroxyl groups excluding tert-OH is 1. The Kier molecular flexibility index (Phi) is 3.03. The average molecular weight is 225 g/mol.